The first kappa shape index (κ1) is 26.8. The molecule has 9 nitrogen and oxygen atoms in total. The van der Waals surface area contributed by atoms with Crippen LogP contribution in [0.15, 0.2) is 36.5 Å². The number of halogens is 2. The fraction of sp³-hybridized carbons (Fsp3) is 0.385. The van der Waals surface area contributed by atoms with Crippen LogP contribution in [0.2, 0.25) is 10.0 Å². The second kappa shape index (κ2) is 12.0. The number of hydrogen-bond donors (Lipinski definition) is 3. The number of nitrogens with zero attached hydrogens (tertiary/aromatic N) is 3. The molecule has 2 amide bonds. The molecule has 200 valence electrons. The topological polar surface area (TPSA) is 117 Å². The number of benzene rings is 1. The predicted molar refractivity (Wildman–Crippen MR) is 147 cm³/mol. The Balaban J connectivity index is 1.27. The number of anilines is 1. The van der Waals surface area contributed by atoms with E-state index in [-0.39, 0.29) is 31.0 Å². The van der Waals surface area contributed by atoms with E-state index in [1.165, 1.54) is 16.2 Å². The monoisotopic (exact) mass is 575 g/mol. The van der Waals surface area contributed by atoms with Crippen LogP contribution in [-0.2, 0) is 16.0 Å². The lowest BCUT2D eigenvalue weighted by molar-refractivity contribution is -0.122. The van der Waals surface area contributed by atoms with Crippen molar-refractivity contribution in [3.63, 3.8) is 0 Å². The number of amides is 2. The second-order valence-electron chi connectivity index (χ2n) is 9.20. The third kappa shape index (κ3) is 6.10. The van der Waals surface area contributed by atoms with Crippen molar-refractivity contribution in [2.24, 2.45) is 0 Å². The molecule has 1 unspecified atom stereocenters. The molecular formula is C26H27Cl2N5O4S. The molecule has 1 atom stereocenters. The van der Waals surface area contributed by atoms with Crippen molar-refractivity contribution in [3.8, 4) is 10.6 Å². The van der Waals surface area contributed by atoms with Gasteiger partial charge in [-0.15, -0.1) is 11.3 Å². The van der Waals surface area contributed by atoms with Gasteiger partial charge in [-0.05, 0) is 36.6 Å². The van der Waals surface area contributed by atoms with Crippen LogP contribution < -0.4 is 10.6 Å². The standard InChI is InChI=1S/C26H27Cl2N5O4S/c27-16-3-1-2-15(10-16)20(14-34)31-23(35)13-33-7-4-21-18(25(33)36)11-22(38-21)24-19(28)12-29-26(32-24)30-17-5-8-37-9-6-17/h1-3,10-12,17,20,34H,4-9,13-14H2,(H,31,35)(H,29,30,32). The van der Waals surface area contributed by atoms with Crippen molar-refractivity contribution in [1.29, 1.82) is 0 Å². The molecule has 38 heavy (non-hydrogen) atoms. The molecule has 12 heteroatoms. The summed E-state index contributed by atoms with van der Waals surface area (Å²) in [5, 5.41) is 16.8. The molecule has 2 aliphatic heterocycles. The number of nitrogens with one attached hydrogen (secondary N) is 2. The van der Waals surface area contributed by atoms with Crippen LogP contribution in [0.4, 0.5) is 5.95 Å². The highest BCUT2D eigenvalue weighted by molar-refractivity contribution is 7.16. The molecule has 1 fully saturated rings. The number of hydrogen-bond acceptors (Lipinski definition) is 8. The van der Waals surface area contributed by atoms with E-state index >= 15 is 0 Å². The van der Waals surface area contributed by atoms with Crippen molar-refractivity contribution >= 4 is 52.3 Å². The van der Waals surface area contributed by atoms with E-state index < -0.39 is 6.04 Å². The van der Waals surface area contributed by atoms with Crippen LogP contribution in [0, 0.1) is 0 Å². The number of carbonyl (C=O) groups is 2. The molecule has 1 saturated heterocycles. The molecule has 0 saturated carbocycles. The fourth-order valence-electron chi connectivity index (χ4n) is 4.58. The van der Waals surface area contributed by atoms with Gasteiger partial charge in [-0.2, -0.15) is 0 Å². The highest BCUT2D eigenvalue weighted by Crippen LogP contribution is 2.37. The quantitative estimate of drug-likeness (QED) is 0.372. The van der Waals surface area contributed by atoms with Gasteiger partial charge >= 0.3 is 0 Å². The molecule has 0 bridgehead atoms. The molecule has 0 aliphatic carbocycles. The Morgan fingerprint density at radius 2 is 2.08 bits per heavy atom. The van der Waals surface area contributed by atoms with Crippen molar-refractivity contribution in [2.45, 2.75) is 31.3 Å². The molecule has 2 aromatic heterocycles. The van der Waals surface area contributed by atoms with Gasteiger partial charge in [0, 0.05) is 42.1 Å². The smallest absolute Gasteiger partial charge is 0.255 e. The van der Waals surface area contributed by atoms with Gasteiger partial charge in [0.05, 0.1) is 40.9 Å². The van der Waals surface area contributed by atoms with Gasteiger partial charge in [-0.25, -0.2) is 9.97 Å². The maximum Gasteiger partial charge on any atom is 0.255 e. The summed E-state index contributed by atoms with van der Waals surface area (Å²) in [5.41, 5.74) is 1.81. The number of fused-ring (bicyclic) bond motifs is 1. The van der Waals surface area contributed by atoms with Gasteiger partial charge in [-0.3, -0.25) is 9.59 Å². The zero-order valence-electron chi connectivity index (χ0n) is 20.5. The van der Waals surface area contributed by atoms with E-state index in [0.29, 0.717) is 59.0 Å². The minimum atomic E-state index is -0.617. The lowest BCUT2D eigenvalue weighted by Crippen LogP contribution is -2.45. The first-order valence-corrected chi connectivity index (χ1v) is 13.9. The molecule has 5 rings (SSSR count). The summed E-state index contributed by atoms with van der Waals surface area (Å²) in [6, 6.07) is 8.36. The summed E-state index contributed by atoms with van der Waals surface area (Å²) in [4.78, 5) is 38.2. The summed E-state index contributed by atoms with van der Waals surface area (Å²) in [5.74, 6) is -0.0951. The van der Waals surface area contributed by atoms with Crippen LogP contribution >= 0.6 is 34.5 Å². The van der Waals surface area contributed by atoms with Gasteiger partial charge in [0.15, 0.2) is 0 Å². The summed E-state index contributed by atoms with van der Waals surface area (Å²) in [6.07, 6.45) is 3.95. The third-order valence-corrected chi connectivity index (χ3v) is 8.28. The SMILES string of the molecule is O=C(CN1CCc2sc(-c3nc(NC4CCOCC4)ncc3Cl)cc2C1=O)NC(CO)c1cccc(Cl)c1. The Hall–Kier alpha value is -2.76. The van der Waals surface area contributed by atoms with E-state index in [1.807, 2.05) is 0 Å². The number of aromatic nitrogens is 2. The summed E-state index contributed by atoms with van der Waals surface area (Å²) in [7, 11) is 0. The van der Waals surface area contributed by atoms with Gasteiger partial charge in [-0.1, -0.05) is 35.3 Å². The number of thiophene rings is 1. The largest absolute Gasteiger partial charge is 0.394 e. The van der Waals surface area contributed by atoms with Crippen molar-refractivity contribution in [1.82, 2.24) is 20.2 Å². The lowest BCUT2D eigenvalue weighted by atomic mass is 10.1. The normalized spacial score (nSPS) is 16.7. The van der Waals surface area contributed by atoms with Crippen molar-refractivity contribution in [2.75, 3.05) is 38.2 Å². The van der Waals surface area contributed by atoms with Gasteiger partial charge in [0.2, 0.25) is 11.9 Å². The molecule has 0 radical (unpaired) electrons. The van der Waals surface area contributed by atoms with E-state index in [2.05, 4.69) is 20.6 Å². The second-order valence-corrected chi connectivity index (χ2v) is 11.2. The maximum atomic E-state index is 13.3. The van der Waals surface area contributed by atoms with Crippen LogP contribution in [0.1, 0.15) is 39.7 Å². The number of rotatable bonds is 8. The highest BCUT2D eigenvalue weighted by atomic mass is 35.5. The van der Waals surface area contributed by atoms with Crippen molar-refractivity contribution in [3.05, 3.63) is 62.6 Å². The maximum absolute atomic E-state index is 13.3. The van der Waals surface area contributed by atoms with Gasteiger partial charge in [0.25, 0.3) is 5.91 Å². The molecule has 3 N–H and O–H groups in total. The van der Waals surface area contributed by atoms with Crippen LogP contribution in [0.3, 0.4) is 0 Å². The number of carbonyl (C=O) groups excluding carboxylic acids is 2. The highest BCUT2D eigenvalue weighted by Gasteiger charge is 2.30. The molecule has 2 aliphatic rings. The predicted octanol–water partition coefficient (Wildman–Crippen LogP) is 3.95. The number of ether oxygens (including phenoxy) is 1. The minimum Gasteiger partial charge on any atom is -0.394 e. The van der Waals surface area contributed by atoms with Crippen LogP contribution in [-0.4, -0.2) is 70.7 Å². The lowest BCUT2D eigenvalue weighted by Gasteiger charge is -2.27. The van der Waals surface area contributed by atoms with Gasteiger partial charge in [0.1, 0.15) is 5.69 Å². The van der Waals surface area contributed by atoms with E-state index in [4.69, 9.17) is 27.9 Å². The fourth-order valence-corrected chi connectivity index (χ4v) is 6.17. The average molecular weight is 577 g/mol. The molecule has 4 heterocycles. The molecule has 0 spiro atoms. The van der Waals surface area contributed by atoms with E-state index in [9.17, 15) is 14.7 Å². The number of aliphatic hydroxyl groups is 1. The molecule has 1 aromatic carbocycles. The Morgan fingerprint density at radius 3 is 2.84 bits per heavy atom. The van der Waals surface area contributed by atoms with E-state index in [0.717, 1.165) is 22.6 Å². The first-order chi connectivity index (χ1) is 18.4. The third-order valence-electron chi connectivity index (χ3n) is 6.57. The van der Waals surface area contributed by atoms with Crippen LogP contribution in [0.5, 0.6) is 0 Å². The Kier molecular flexibility index (Phi) is 8.45. The van der Waals surface area contributed by atoms with Gasteiger partial charge < -0.3 is 25.4 Å². The Morgan fingerprint density at radius 1 is 1.26 bits per heavy atom. The summed E-state index contributed by atoms with van der Waals surface area (Å²) < 4.78 is 5.41. The zero-order chi connectivity index (χ0) is 26.6. The minimum absolute atomic E-state index is 0.117. The zero-order valence-corrected chi connectivity index (χ0v) is 22.8. The van der Waals surface area contributed by atoms with E-state index in [1.54, 1.807) is 36.5 Å². The first-order valence-electron chi connectivity index (χ1n) is 12.4. The van der Waals surface area contributed by atoms with Crippen LogP contribution in [0.25, 0.3) is 10.6 Å². The average Bonchev–Trinajstić information content (AvgIpc) is 3.36. The summed E-state index contributed by atoms with van der Waals surface area (Å²) >= 11 is 14.0. The Bertz CT molecular complexity index is 1330. The molecule has 3 aromatic rings. The van der Waals surface area contributed by atoms with Crippen molar-refractivity contribution < 1.29 is 19.4 Å². The summed E-state index contributed by atoms with van der Waals surface area (Å²) in [6.45, 7) is 1.41. The Labute approximate surface area is 234 Å². The number of aliphatic hydroxyl groups excluding tert-OH is 1. The molecular weight excluding hydrogens is 549 g/mol.